The molecule has 2 aromatic carbocycles. The van der Waals surface area contributed by atoms with Crippen LogP contribution in [0.2, 0.25) is 0 Å². The number of carbonyl (C=O) groups is 2. The van der Waals surface area contributed by atoms with Crippen LogP contribution in [0.1, 0.15) is 55.5 Å². The SMILES string of the molecule is CC(C)(C)NC(=O)[C@@H]1CN(Cc2c(F)cccc2F)CCN1C[C@@H](O)C[C@H](Cc1cccnc1)C(=O)N[C@H]1c2ccccc2C[C@H]1O. The lowest BCUT2D eigenvalue weighted by atomic mass is 9.92. The van der Waals surface area contributed by atoms with Gasteiger partial charge in [-0.15, -0.1) is 0 Å². The van der Waals surface area contributed by atoms with E-state index in [1.165, 1.54) is 18.2 Å². The van der Waals surface area contributed by atoms with E-state index < -0.39 is 47.4 Å². The number of aliphatic hydroxyl groups excluding tert-OH is 2. The molecule has 2 amide bonds. The number of aromatic nitrogens is 1. The van der Waals surface area contributed by atoms with Crippen molar-refractivity contribution in [1.82, 2.24) is 25.4 Å². The normalized spacial score (nSPS) is 21.6. The van der Waals surface area contributed by atoms with Crippen molar-refractivity contribution in [1.29, 1.82) is 0 Å². The first kappa shape index (κ1) is 34.6. The van der Waals surface area contributed by atoms with Crippen LogP contribution in [0.25, 0.3) is 0 Å². The topological polar surface area (TPSA) is 118 Å². The predicted molar refractivity (Wildman–Crippen MR) is 174 cm³/mol. The van der Waals surface area contributed by atoms with Gasteiger partial charge in [-0.25, -0.2) is 8.78 Å². The standard InChI is InChI=1S/C36H45F2N5O4/c1-36(2,3)41-35(47)31-22-42(21-28-29(37)11-6-12-30(28)38)14-15-43(31)20-26(44)17-25(16-23-8-7-13-39-19-23)34(46)40-33-27-10-5-4-9-24(27)18-32(33)45/h4-13,19,25-26,31-33,44-45H,14-18,20-22H2,1-3H3,(H,40,46)(H,41,47)/t25-,26-,31-,32+,33-/m0/s1. The monoisotopic (exact) mass is 649 g/mol. The highest BCUT2D eigenvalue weighted by Gasteiger charge is 2.37. The summed E-state index contributed by atoms with van der Waals surface area (Å²) < 4.78 is 28.9. The van der Waals surface area contributed by atoms with Crippen molar-refractivity contribution in [3.63, 3.8) is 0 Å². The van der Waals surface area contributed by atoms with E-state index in [4.69, 9.17) is 0 Å². The molecule has 1 aromatic heterocycles. The Balaban J connectivity index is 1.30. The Kier molecular flexibility index (Phi) is 11.0. The fourth-order valence-corrected chi connectivity index (χ4v) is 6.63. The summed E-state index contributed by atoms with van der Waals surface area (Å²) in [4.78, 5) is 35.2. The summed E-state index contributed by atoms with van der Waals surface area (Å²) in [6, 6.07) is 13.8. The number of benzene rings is 2. The maximum atomic E-state index is 14.5. The minimum absolute atomic E-state index is 0.0116. The van der Waals surface area contributed by atoms with Crippen molar-refractivity contribution in [3.05, 3.63) is 101 Å². The molecular weight excluding hydrogens is 604 g/mol. The van der Waals surface area contributed by atoms with Crippen LogP contribution >= 0.6 is 0 Å². The number of pyridine rings is 1. The zero-order chi connectivity index (χ0) is 33.7. The van der Waals surface area contributed by atoms with Crippen molar-refractivity contribution in [2.24, 2.45) is 5.92 Å². The molecule has 5 atom stereocenters. The lowest BCUT2D eigenvalue weighted by Gasteiger charge is -2.42. The summed E-state index contributed by atoms with van der Waals surface area (Å²) in [7, 11) is 0. The molecule has 9 nitrogen and oxygen atoms in total. The van der Waals surface area contributed by atoms with Gasteiger partial charge in [-0.2, -0.15) is 0 Å². The number of halogens is 2. The molecule has 0 radical (unpaired) electrons. The number of nitrogens with zero attached hydrogens (tertiary/aromatic N) is 3. The van der Waals surface area contributed by atoms with Crippen LogP contribution in [0.5, 0.6) is 0 Å². The van der Waals surface area contributed by atoms with E-state index in [0.29, 0.717) is 25.9 Å². The minimum atomic E-state index is -0.969. The molecule has 2 heterocycles. The van der Waals surface area contributed by atoms with Crippen molar-refractivity contribution < 1.29 is 28.6 Å². The second-order valence-electron chi connectivity index (χ2n) is 13.8. The largest absolute Gasteiger partial charge is 0.392 e. The van der Waals surface area contributed by atoms with Crippen LogP contribution in [0.4, 0.5) is 8.78 Å². The molecule has 0 bridgehead atoms. The van der Waals surface area contributed by atoms with E-state index in [1.807, 2.05) is 60.9 Å². The summed E-state index contributed by atoms with van der Waals surface area (Å²) in [5.41, 5.74) is 2.15. The zero-order valence-electron chi connectivity index (χ0n) is 27.2. The molecule has 252 valence electrons. The van der Waals surface area contributed by atoms with E-state index in [1.54, 1.807) is 18.5 Å². The van der Waals surface area contributed by atoms with E-state index in [9.17, 15) is 28.6 Å². The van der Waals surface area contributed by atoms with Gasteiger partial charge in [0.1, 0.15) is 17.7 Å². The Morgan fingerprint density at radius 1 is 1.04 bits per heavy atom. The Hall–Kier alpha value is -3.77. The second kappa shape index (κ2) is 15.0. The summed E-state index contributed by atoms with van der Waals surface area (Å²) in [6.07, 6.45) is 2.51. The molecule has 0 saturated carbocycles. The molecule has 3 aromatic rings. The third-order valence-electron chi connectivity index (χ3n) is 8.90. The van der Waals surface area contributed by atoms with Gasteiger partial charge in [-0.1, -0.05) is 36.4 Å². The van der Waals surface area contributed by atoms with Crippen LogP contribution < -0.4 is 10.6 Å². The smallest absolute Gasteiger partial charge is 0.239 e. The van der Waals surface area contributed by atoms with Crippen LogP contribution in [0.15, 0.2) is 67.0 Å². The third-order valence-corrected chi connectivity index (χ3v) is 8.90. The van der Waals surface area contributed by atoms with Crippen LogP contribution in [-0.4, -0.2) is 86.8 Å². The molecule has 1 saturated heterocycles. The van der Waals surface area contributed by atoms with Crippen molar-refractivity contribution >= 4 is 11.8 Å². The highest BCUT2D eigenvalue weighted by molar-refractivity contribution is 5.83. The lowest BCUT2D eigenvalue weighted by molar-refractivity contribution is -0.132. The summed E-state index contributed by atoms with van der Waals surface area (Å²) in [5.74, 6) is -2.44. The number of amides is 2. The van der Waals surface area contributed by atoms with Crippen LogP contribution in [-0.2, 0) is 29.0 Å². The molecular formula is C36H45F2N5O4. The molecule has 0 spiro atoms. The van der Waals surface area contributed by atoms with E-state index in [0.717, 1.165) is 16.7 Å². The number of aliphatic hydroxyl groups is 2. The van der Waals surface area contributed by atoms with Gasteiger partial charge in [-0.05, 0) is 68.5 Å². The lowest BCUT2D eigenvalue weighted by Crippen LogP contribution is -2.62. The summed E-state index contributed by atoms with van der Waals surface area (Å²) in [6.45, 7) is 6.77. The van der Waals surface area contributed by atoms with Gasteiger partial charge in [-0.3, -0.25) is 24.4 Å². The number of rotatable bonds is 11. The maximum absolute atomic E-state index is 14.5. The molecule has 1 aliphatic carbocycles. The molecule has 1 fully saturated rings. The van der Waals surface area contributed by atoms with E-state index in [2.05, 4.69) is 15.6 Å². The number of hydrogen-bond acceptors (Lipinski definition) is 7. The number of nitrogens with one attached hydrogen (secondary N) is 2. The van der Waals surface area contributed by atoms with Crippen molar-refractivity contribution in [3.8, 4) is 0 Å². The molecule has 47 heavy (non-hydrogen) atoms. The first-order chi connectivity index (χ1) is 22.4. The number of hydrogen-bond donors (Lipinski definition) is 4. The Labute approximate surface area is 275 Å². The number of piperazine rings is 1. The van der Waals surface area contributed by atoms with Gasteiger partial charge in [0.05, 0.1) is 18.2 Å². The van der Waals surface area contributed by atoms with Crippen LogP contribution in [0.3, 0.4) is 0 Å². The Bertz CT molecular complexity index is 1520. The van der Waals surface area contributed by atoms with Crippen molar-refractivity contribution in [2.75, 3.05) is 26.2 Å². The summed E-state index contributed by atoms with van der Waals surface area (Å²) in [5, 5.41) is 28.3. The maximum Gasteiger partial charge on any atom is 0.239 e. The van der Waals surface area contributed by atoms with Gasteiger partial charge >= 0.3 is 0 Å². The average Bonchev–Trinajstić information content (AvgIpc) is 3.33. The Morgan fingerprint density at radius 2 is 1.79 bits per heavy atom. The van der Waals surface area contributed by atoms with Gasteiger partial charge < -0.3 is 20.8 Å². The molecule has 1 aliphatic heterocycles. The van der Waals surface area contributed by atoms with Crippen molar-refractivity contribution in [2.45, 2.75) is 76.4 Å². The predicted octanol–water partition coefficient (Wildman–Crippen LogP) is 3.15. The highest BCUT2D eigenvalue weighted by Crippen LogP contribution is 2.32. The zero-order valence-corrected chi connectivity index (χ0v) is 27.2. The Morgan fingerprint density at radius 3 is 2.49 bits per heavy atom. The molecule has 0 unspecified atom stereocenters. The highest BCUT2D eigenvalue weighted by atomic mass is 19.1. The van der Waals surface area contributed by atoms with Gasteiger partial charge in [0.25, 0.3) is 0 Å². The first-order valence-corrected chi connectivity index (χ1v) is 16.2. The molecule has 11 heteroatoms. The second-order valence-corrected chi connectivity index (χ2v) is 13.8. The quantitative estimate of drug-likeness (QED) is 0.252. The van der Waals surface area contributed by atoms with E-state index >= 15 is 0 Å². The van der Waals surface area contributed by atoms with E-state index in [-0.39, 0.29) is 43.4 Å². The number of β-amino-alcohol motifs (C(OH)–C–C–N with tert-alkyl or cyclic N) is 1. The minimum Gasteiger partial charge on any atom is -0.392 e. The molecule has 4 N–H and O–H groups in total. The molecule has 5 rings (SSSR count). The summed E-state index contributed by atoms with van der Waals surface area (Å²) >= 11 is 0. The average molecular weight is 650 g/mol. The van der Waals surface area contributed by atoms with Gasteiger partial charge in [0, 0.05) is 68.6 Å². The van der Waals surface area contributed by atoms with Gasteiger partial charge in [0.2, 0.25) is 11.8 Å². The fraction of sp³-hybridized carbons (Fsp3) is 0.472. The fourth-order valence-electron chi connectivity index (χ4n) is 6.63. The third kappa shape index (κ3) is 8.98. The van der Waals surface area contributed by atoms with Gasteiger partial charge in [0.15, 0.2) is 0 Å². The molecule has 2 aliphatic rings. The first-order valence-electron chi connectivity index (χ1n) is 16.2. The van der Waals surface area contributed by atoms with Crippen LogP contribution in [0, 0.1) is 17.6 Å². The number of fused-ring (bicyclic) bond motifs is 1. The number of carbonyl (C=O) groups excluding carboxylic acids is 2.